The molecule has 0 N–H and O–H groups in total. The third kappa shape index (κ3) is 7.26. The molecule has 4 unspecified atom stereocenters. The molecule has 5 heteroatoms. The fraction of sp³-hybridized carbons (Fsp3) is 0.115. The fourth-order valence-electron chi connectivity index (χ4n) is 10.2. The second-order valence-corrected chi connectivity index (χ2v) is 26.3. The van der Waals surface area contributed by atoms with E-state index in [9.17, 15) is 0 Å². The molecule has 66 heavy (non-hydrogen) atoms. The Morgan fingerprint density at radius 1 is 0.621 bits per heavy atom. The van der Waals surface area contributed by atoms with Crippen LogP contribution >= 0.6 is 29.3 Å². The van der Waals surface area contributed by atoms with Crippen LogP contribution in [0.25, 0.3) is 67.3 Å². The monoisotopic (exact) mass is 981 g/mol. The molecule has 7 aromatic carbocycles. The van der Waals surface area contributed by atoms with Crippen molar-refractivity contribution in [3.63, 3.8) is 0 Å². The molecule has 0 saturated carbocycles. The van der Waals surface area contributed by atoms with Gasteiger partial charge in [0.2, 0.25) is 0 Å². The maximum atomic E-state index is 5.08. The predicted molar refractivity (Wildman–Crippen MR) is 287 cm³/mol. The quantitative estimate of drug-likeness (QED) is 0.135. The molecule has 1 aliphatic heterocycles. The third-order valence-corrected chi connectivity index (χ3v) is 23.6. The van der Waals surface area contributed by atoms with Crippen molar-refractivity contribution in [2.75, 3.05) is 0 Å². The summed E-state index contributed by atoms with van der Waals surface area (Å²) in [6.45, 7) is 2.28. The average molecular weight is 982 g/mol. The van der Waals surface area contributed by atoms with Crippen molar-refractivity contribution in [3.8, 4) is 45.0 Å². The van der Waals surface area contributed by atoms with Gasteiger partial charge in [-0.15, -0.1) is 11.3 Å². The first-order valence-electron chi connectivity index (χ1n) is 22.9. The van der Waals surface area contributed by atoms with Crippen molar-refractivity contribution in [2.24, 2.45) is 5.92 Å². The van der Waals surface area contributed by atoms with E-state index in [4.69, 9.17) is 19.5 Å². The molecule has 0 radical (unpaired) electrons. The second kappa shape index (κ2) is 17.0. The molecule has 0 amide bonds. The summed E-state index contributed by atoms with van der Waals surface area (Å²) in [5, 5.41) is 2.70. The zero-order chi connectivity index (χ0) is 44.2. The Labute approximate surface area is 394 Å². The molecule has 4 atom stereocenters. The van der Waals surface area contributed by atoms with Crippen LogP contribution in [-0.2, 0) is 6.42 Å². The molecular formula is C61H48IN3S. The molecule has 0 saturated heterocycles. The van der Waals surface area contributed by atoms with E-state index in [2.05, 4.69) is 177 Å². The summed E-state index contributed by atoms with van der Waals surface area (Å²) in [6, 6.07) is 62.0. The first-order chi connectivity index (χ1) is 32.5. The summed E-state index contributed by atoms with van der Waals surface area (Å²) in [5.74, 6) is 3.02. The molecule has 3 heterocycles. The maximum absolute atomic E-state index is 5.08. The van der Waals surface area contributed by atoms with Crippen LogP contribution in [0.1, 0.15) is 47.2 Å². The van der Waals surface area contributed by atoms with Crippen LogP contribution in [0, 0.1) is 23.6 Å². The Morgan fingerprint density at radius 2 is 1.29 bits per heavy atom. The number of halogens is 1. The molecule has 0 fully saturated rings. The molecule has 12 rings (SSSR count). The van der Waals surface area contributed by atoms with Gasteiger partial charge in [-0.2, -0.15) is 0 Å². The molecule has 0 bridgehead atoms. The zero-order valence-electron chi connectivity index (χ0n) is 36.8. The summed E-state index contributed by atoms with van der Waals surface area (Å²) in [7, 11) is 0. The van der Waals surface area contributed by atoms with Crippen LogP contribution in [0.5, 0.6) is 0 Å². The number of nitrogens with zero attached hydrogens (tertiary/aromatic N) is 3. The summed E-state index contributed by atoms with van der Waals surface area (Å²) >= 11 is -1.04. The van der Waals surface area contributed by atoms with E-state index in [0.717, 1.165) is 36.2 Å². The van der Waals surface area contributed by atoms with Crippen molar-refractivity contribution in [1.82, 2.24) is 15.0 Å². The molecule has 320 valence electrons. The number of aryl methyl sites for hydroxylation is 2. The average Bonchev–Trinajstić information content (AvgIpc) is 3.88. The van der Waals surface area contributed by atoms with Gasteiger partial charge in [-0.05, 0) is 23.8 Å². The van der Waals surface area contributed by atoms with E-state index in [1.807, 2.05) is 47.7 Å². The standard InChI is InChI=1S/C61H48IN3S/c1-40-26-29-45(46-32-34-56-53(38-46)50-24-14-15-25-55(50)62(56,2)48-21-10-5-11-22-48)37-52(40)49-23-13-12-16-42(49)30-27-41-28-35-57-54(36-41)51-33-31-47(39-58(51)66-57)61-64-59(43-17-6-3-7-18-43)63-60(65-61)44-19-8-4-9-20-44/h3-26,28-29,32-39,42,47,49H,2,27,30-31H2,1H3. The number of benzene rings is 7. The fourth-order valence-corrected chi connectivity index (χ4v) is 19.6. The SMILES string of the molecule is C=I1(c2ccccc2)c2ccccc2-c2cc(-c3ccc(C)c(C4C=CC=CC4CCc4ccc5sc6c(c5c4)=CCC(c4nc(-c5ccccc5)nc(-c5ccccc5)n4)C=6)c3)ccc21. The molecule has 3 nitrogen and oxygen atoms in total. The van der Waals surface area contributed by atoms with Crippen molar-refractivity contribution in [2.45, 2.75) is 38.0 Å². The van der Waals surface area contributed by atoms with Gasteiger partial charge in [0, 0.05) is 31.7 Å². The first kappa shape index (κ1) is 40.8. The van der Waals surface area contributed by atoms with Crippen LogP contribution in [-0.4, -0.2) is 19.5 Å². The molecule has 2 aromatic heterocycles. The first-order valence-corrected chi connectivity index (χ1v) is 28.5. The van der Waals surface area contributed by atoms with E-state index in [0.29, 0.717) is 23.5 Å². The van der Waals surface area contributed by atoms with Crippen molar-refractivity contribution >= 4 is 56.0 Å². The van der Waals surface area contributed by atoms with Gasteiger partial charge in [0.15, 0.2) is 11.6 Å². The molecule has 0 spiro atoms. The summed E-state index contributed by atoms with van der Waals surface area (Å²) in [6.07, 6.45) is 17.1. The van der Waals surface area contributed by atoms with E-state index >= 15 is 0 Å². The van der Waals surface area contributed by atoms with Gasteiger partial charge >= 0.3 is 219 Å². The second-order valence-electron chi connectivity index (χ2n) is 17.7. The number of hydrogen-bond donors (Lipinski definition) is 0. The summed E-state index contributed by atoms with van der Waals surface area (Å²) in [4.78, 5) is 15.1. The summed E-state index contributed by atoms with van der Waals surface area (Å²) in [5.41, 5.74) is 11.4. The molecule has 2 aliphatic carbocycles. The van der Waals surface area contributed by atoms with Crippen LogP contribution < -0.4 is 9.75 Å². The van der Waals surface area contributed by atoms with Crippen LogP contribution in [0.2, 0.25) is 0 Å². The van der Waals surface area contributed by atoms with Gasteiger partial charge in [-0.1, -0.05) is 78.9 Å². The van der Waals surface area contributed by atoms with Crippen molar-refractivity contribution in [1.29, 1.82) is 0 Å². The molecular weight excluding hydrogens is 934 g/mol. The predicted octanol–water partition coefficient (Wildman–Crippen LogP) is 14.0. The van der Waals surface area contributed by atoms with Gasteiger partial charge < -0.3 is 0 Å². The Morgan fingerprint density at radius 3 is 2.06 bits per heavy atom. The third-order valence-electron chi connectivity index (χ3n) is 13.7. The molecule has 9 aromatic rings. The number of rotatable bonds is 9. The van der Waals surface area contributed by atoms with E-state index in [1.54, 1.807) is 0 Å². The number of fused-ring (bicyclic) bond motifs is 6. The van der Waals surface area contributed by atoms with E-state index in [1.165, 1.54) is 69.5 Å². The van der Waals surface area contributed by atoms with Crippen molar-refractivity contribution in [3.05, 3.63) is 237 Å². The minimum absolute atomic E-state index is 0.0670. The van der Waals surface area contributed by atoms with Gasteiger partial charge in [-0.3, -0.25) is 0 Å². The Bertz CT molecular complexity index is 3510. The van der Waals surface area contributed by atoms with Crippen LogP contribution in [0.4, 0.5) is 0 Å². The van der Waals surface area contributed by atoms with Crippen LogP contribution in [0.15, 0.2) is 194 Å². The van der Waals surface area contributed by atoms with E-state index < -0.39 is 18.0 Å². The number of hydrogen-bond acceptors (Lipinski definition) is 4. The zero-order valence-corrected chi connectivity index (χ0v) is 39.8. The molecule has 3 aliphatic rings. The summed E-state index contributed by atoms with van der Waals surface area (Å²) < 4.78 is 12.0. The van der Waals surface area contributed by atoms with Gasteiger partial charge in [0.05, 0.1) is 0 Å². The number of allylic oxidation sites excluding steroid dienone is 4. The number of thiophene rings is 1. The minimum atomic E-state index is -2.92. The Balaban J connectivity index is 0.810. The van der Waals surface area contributed by atoms with Gasteiger partial charge in [-0.25, -0.2) is 15.0 Å². The Kier molecular flexibility index (Phi) is 10.5. The topological polar surface area (TPSA) is 38.7 Å². The van der Waals surface area contributed by atoms with Gasteiger partial charge in [0.1, 0.15) is 5.82 Å². The normalized spacial score (nSPS) is 20.1. The van der Waals surface area contributed by atoms with E-state index in [-0.39, 0.29) is 5.92 Å². The van der Waals surface area contributed by atoms with Crippen molar-refractivity contribution < 1.29 is 0 Å². The van der Waals surface area contributed by atoms with Gasteiger partial charge in [0.25, 0.3) is 0 Å². The Hall–Kier alpha value is -6.67. The number of aromatic nitrogens is 3. The van der Waals surface area contributed by atoms with Crippen LogP contribution in [0.3, 0.4) is 0 Å².